The number of fused-ring (bicyclic) bond motifs is 1. The number of morpholine rings is 1. The highest BCUT2D eigenvalue weighted by atomic mass is 19.1. The van der Waals surface area contributed by atoms with Crippen LogP contribution < -0.4 is 0 Å². The molecule has 140 valence electrons. The van der Waals surface area contributed by atoms with Gasteiger partial charge in [-0.2, -0.15) is 0 Å². The van der Waals surface area contributed by atoms with Crippen LogP contribution in [0.2, 0.25) is 0 Å². The van der Waals surface area contributed by atoms with Gasteiger partial charge in [0.05, 0.1) is 13.2 Å². The van der Waals surface area contributed by atoms with E-state index in [1.54, 1.807) is 12.1 Å². The predicted molar refractivity (Wildman–Crippen MR) is 104 cm³/mol. The summed E-state index contributed by atoms with van der Waals surface area (Å²) < 4.78 is 19.0. The quantitative estimate of drug-likeness (QED) is 0.728. The Morgan fingerprint density at radius 1 is 1.19 bits per heavy atom. The lowest BCUT2D eigenvalue weighted by Gasteiger charge is -2.33. The number of halogens is 1. The fourth-order valence-corrected chi connectivity index (χ4v) is 3.87. The van der Waals surface area contributed by atoms with Crippen molar-refractivity contribution in [1.82, 2.24) is 9.88 Å². The summed E-state index contributed by atoms with van der Waals surface area (Å²) in [6.45, 7) is 7.57. The van der Waals surface area contributed by atoms with E-state index < -0.39 is 0 Å². The maximum absolute atomic E-state index is 13.2. The summed E-state index contributed by atoms with van der Waals surface area (Å²) in [5, 5.41) is 1.10. The fraction of sp³-hybridized carbons (Fsp3) is 0.318. The normalized spacial score (nSPS) is 17.5. The van der Waals surface area contributed by atoms with Crippen molar-refractivity contribution in [3.8, 4) is 0 Å². The van der Waals surface area contributed by atoms with Crippen molar-refractivity contribution in [2.24, 2.45) is 0 Å². The lowest BCUT2D eigenvalue weighted by molar-refractivity contribution is -0.0230. The van der Waals surface area contributed by atoms with Crippen LogP contribution in [-0.2, 0) is 4.74 Å². The number of rotatable bonds is 2. The van der Waals surface area contributed by atoms with Gasteiger partial charge in [0.2, 0.25) is 0 Å². The molecular weight excluding hydrogens is 343 g/mol. The van der Waals surface area contributed by atoms with Crippen LogP contribution in [-0.4, -0.2) is 35.5 Å². The first-order chi connectivity index (χ1) is 12.9. The van der Waals surface area contributed by atoms with Crippen molar-refractivity contribution >= 4 is 16.8 Å². The topological polar surface area (TPSA) is 45.3 Å². The van der Waals surface area contributed by atoms with Crippen LogP contribution in [0.3, 0.4) is 0 Å². The molecule has 0 radical (unpaired) electrons. The zero-order valence-corrected chi connectivity index (χ0v) is 15.8. The number of carbonyl (C=O) groups excluding carboxylic acids is 1. The number of nitrogens with one attached hydrogen (secondary N) is 1. The van der Waals surface area contributed by atoms with Gasteiger partial charge in [0.25, 0.3) is 5.91 Å². The summed E-state index contributed by atoms with van der Waals surface area (Å²) in [4.78, 5) is 18.4. The van der Waals surface area contributed by atoms with Crippen LogP contribution in [0.4, 0.5) is 4.39 Å². The highest BCUT2D eigenvalue weighted by molar-refractivity contribution is 6.01. The molecule has 1 saturated heterocycles. The Labute approximate surface area is 157 Å². The van der Waals surface area contributed by atoms with E-state index in [0.29, 0.717) is 25.4 Å². The third-order valence-electron chi connectivity index (χ3n) is 5.32. The molecule has 1 aliphatic rings. The Bertz CT molecular complexity index is 1010. The summed E-state index contributed by atoms with van der Waals surface area (Å²) in [5.41, 5.74) is 5.84. The number of H-pyrrole nitrogens is 1. The molecule has 27 heavy (non-hydrogen) atoms. The molecule has 3 aromatic rings. The number of aryl methyl sites for hydroxylation is 3. The molecule has 0 aliphatic carbocycles. The molecule has 2 aromatic carbocycles. The lowest BCUT2D eigenvalue weighted by atomic mass is 10.0. The van der Waals surface area contributed by atoms with Crippen molar-refractivity contribution in [3.05, 3.63) is 70.2 Å². The molecule has 1 unspecified atom stereocenters. The minimum absolute atomic E-state index is 0.0174. The van der Waals surface area contributed by atoms with E-state index in [2.05, 4.69) is 31.0 Å². The monoisotopic (exact) mass is 366 g/mol. The van der Waals surface area contributed by atoms with E-state index in [-0.39, 0.29) is 17.8 Å². The predicted octanol–water partition coefficient (Wildman–Crippen LogP) is 4.45. The summed E-state index contributed by atoms with van der Waals surface area (Å²) in [7, 11) is 0. The molecule has 0 bridgehead atoms. The summed E-state index contributed by atoms with van der Waals surface area (Å²) in [6.07, 6.45) is -0.239. The zero-order valence-electron chi connectivity index (χ0n) is 15.8. The molecule has 1 N–H and O–H groups in total. The highest BCUT2D eigenvalue weighted by Crippen LogP contribution is 2.28. The second-order valence-corrected chi connectivity index (χ2v) is 7.29. The Morgan fingerprint density at radius 3 is 2.67 bits per heavy atom. The van der Waals surface area contributed by atoms with Crippen LogP contribution >= 0.6 is 0 Å². The van der Waals surface area contributed by atoms with Crippen molar-refractivity contribution in [1.29, 1.82) is 0 Å². The van der Waals surface area contributed by atoms with Crippen LogP contribution in [0.1, 0.15) is 38.8 Å². The lowest BCUT2D eigenvalue weighted by Crippen LogP contribution is -2.42. The molecule has 2 heterocycles. The van der Waals surface area contributed by atoms with Crippen LogP contribution in [0.15, 0.2) is 36.4 Å². The molecule has 1 fully saturated rings. The maximum atomic E-state index is 13.2. The van der Waals surface area contributed by atoms with Gasteiger partial charge in [-0.1, -0.05) is 23.8 Å². The van der Waals surface area contributed by atoms with Crippen molar-refractivity contribution in [2.45, 2.75) is 26.9 Å². The highest BCUT2D eigenvalue weighted by Gasteiger charge is 2.28. The standard InChI is InChI=1S/C22H23FN2O2/c1-13-10-14(2)20-18(11-13)15(3)21(24-20)22(26)25-8-9-27-19(12-25)16-4-6-17(23)7-5-16/h4-7,10-11,19,24H,8-9,12H2,1-3H3. The van der Waals surface area contributed by atoms with Gasteiger partial charge in [0.15, 0.2) is 0 Å². The van der Waals surface area contributed by atoms with Gasteiger partial charge in [0.1, 0.15) is 17.6 Å². The van der Waals surface area contributed by atoms with E-state index in [1.807, 2.05) is 11.8 Å². The van der Waals surface area contributed by atoms with E-state index in [0.717, 1.165) is 27.6 Å². The molecule has 0 spiro atoms. The van der Waals surface area contributed by atoms with Gasteiger partial charge in [-0.15, -0.1) is 0 Å². The van der Waals surface area contributed by atoms with E-state index in [4.69, 9.17) is 4.74 Å². The molecule has 5 heteroatoms. The molecule has 1 aromatic heterocycles. The Morgan fingerprint density at radius 2 is 1.93 bits per heavy atom. The number of benzene rings is 2. The average Bonchev–Trinajstić information content (AvgIpc) is 2.99. The second-order valence-electron chi connectivity index (χ2n) is 7.29. The largest absolute Gasteiger partial charge is 0.370 e. The SMILES string of the molecule is Cc1cc(C)c2[nH]c(C(=O)N3CCOC(c4ccc(F)cc4)C3)c(C)c2c1. The number of aromatic nitrogens is 1. The smallest absolute Gasteiger partial charge is 0.270 e. The van der Waals surface area contributed by atoms with Crippen LogP contribution in [0.5, 0.6) is 0 Å². The van der Waals surface area contributed by atoms with Crippen molar-refractivity contribution in [3.63, 3.8) is 0 Å². The molecule has 4 nitrogen and oxygen atoms in total. The zero-order chi connectivity index (χ0) is 19.1. The van der Waals surface area contributed by atoms with Crippen molar-refractivity contribution in [2.75, 3.05) is 19.7 Å². The van der Waals surface area contributed by atoms with E-state index in [9.17, 15) is 9.18 Å². The van der Waals surface area contributed by atoms with Gasteiger partial charge in [-0.25, -0.2) is 4.39 Å². The number of aromatic amines is 1. The van der Waals surface area contributed by atoms with Crippen molar-refractivity contribution < 1.29 is 13.9 Å². The molecule has 1 aliphatic heterocycles. The second kappa shape index (κ2) is 6.82. The first kappa shape index (κ1) is 17.7. The molecular formula is C22H23FN2O2. The minimum Gasteiger partial charge on any atom is -0.370 e. The van der Waals surface area contributed by atoms with Gasteiger partial charge >= 0.3 is 0 Å². The van der Waals surface area contributed by atoms with Crippen LogP contribution in [0.25, 0.3) is 10.9 Å². The number of ether oxygens (including phenoxy) is 1. The maximum Gasteiger partial charge on any atom is 0.270 e. The number of amides is 1. The molecule has 1 atom stereocenters. The average molecular weight is 366 g/mol. The number of carbonyl (C=O) groups is 1. The summed E-state index contributed by atoms with van der Waals surface area (Å²) in [6, 6.07) is 10.5. The number of hydrogen-bond donors (Lipinski definition) is 1. The van der Waals surface area contributed by atoms with E-state index >= 15 is 0 Å². The van der Waals surface area contributed by atoms with Gasteiger partial charge in [-0.05, 0) is 55.7 Å². The first-order valence-electron chi connectivity index (χ1n) is 9.20. The first-order valence-corrected chi connectivity index (χ1v) is 9.20. The Balaban J connectivity index is 1.62. The van der Waals surface area contributed by atoms with Gasteiger partial charge in [0, 0.05) is 17.4 Å². The Kier molecular flexibility index (Phi) is 4.48. The van der Waals surface area contributed by atoms with Gasteiger partial charge < -0.3 is 14.6 Å². The van der Waals surface area contributed by atoms with E-state index in [1.165, 1.54) is 17.7 Å². The number of nitrogens with zero attached hydrogens (tertiary/aromatic N) is 1. The summed E-state index contributed by atoms with van der Waals surface area (Å²) >= 11 is 0. The molecule has 4 rings (SSSR count). The molecule has 0 saturated carbocycles. The minimum atomic E-state index is -0.276. The Hall–Kier alpha value is -2.66. The third-order valence-corrected chi connectivity index (χ3v) is 5.32. The molecule has 1 amide bonds. The fourth-order valence-electron chi connectivity index (χ4n) is 3.87. The summed E-state index contributed by atoms with van der Waals surface area (Å²) in [5.74, 6) is -0.293. The number of hydrogen-bond acceptors (Lipinski definition) is 2. The third kappa shape index (κ3) is 3.23. The van der Waals surface area contributed by atoms with Gasteiger partial charge in [-0.3, -0.25) is 4.79 Å². The van der Waals surface area contributed by atoms with Crippen LogP contribution in [0, 0.1) is 26.6 Å².